The van der Waals surface area contributed by atoms with Crippen molar-refractivity contribution < 1.29 is 24.1 Å². The molecule has 22 heavy (non-hydrogen) atoms. The van der Waals surface area contributed by atoms with Crippen molar-refractivity contribution in [1.82, 2.24) is 0 Å². The molecule has 0 bridgehead atoms. The molecule has 5 nitrogen and oxygen atoms in total. The van der Waals surface area contributed by atoms with E-state index in [0.717, 1.165) is 5.56 Å². The van der Waals surface area contributed by atoms with Crippen LogP contribution in [0, 0.1) is 0 Å². The van der Waals surface area contributed by atoms with Crippen LogP contribution in [0.2, 0.25) is 0 Å². The zero-order valence-electron chi connectivity index (χ0n) is 12.3. The summed E-state index contributed by atoms with van der Waals surface area (Å²) in [5.74, 6) is 0.913. The smallest absolute Gasteiger partial charge is 0.188 e. The molecule has 0 heterocycles. The third kappa shape index (κ3) is 3.71. The maximum atomic E-state index is 10.5. The zero-order valence-corrected chi connectivity index (χ0v) is 13.9. The van der Waals surface area contributed by atoms with Crippen LogP contribution in [0.4, 0.5) is 0 Å². The summed E-state index contributed by atoms with van der Waals surface area (Å²) in [6.45, 7) is 0.122. The summed E-state index contributed by atoms with van der Waals surface area (Å²) in [6.07, 6.45) is 0. The molecule has 0 aromatic heterocycles. The number of phenols is 1. The highest BCUT2D eigenvalue weighted by atomic mass is 79.9. The summed E-state index contributed by atoms with van der Waals surface area (Å²) >= 11 is 3.34. The van der Waals surface area contributed by atoms with Crippen LogP contribution in [-0.4, -0.2) is 32.9 Å². The maximum Gasteiger partial charge on any atom is 0.188 e. The molecule has 0 atom stereocenters. The lowest BCUT2D eigenvalue weighted by Gasteiger charge is -2.17. The van der Waals surface area contributed by atoms with Gasteiger partial charge in [0.05, 0.1) is 5.56 Å². The van der Waals surface area contributed by atoms with E-state index >= 15 is 0 Å². The molecule has 0 fully saturated rings. The SMILES string of the molecule is COCOc1cc(OCOC)c(-c2ccccc2)c(O)c1Br. The number of methoxy groups -OCH3 is 2. The van der Waals surface area contributed by atoms with Crippen molar-refractivity contribution >= 4 is 15.9 Å². The van der Waals surface area contributed by atoms with Gasteiger partial charge in [0.1, 0.15) is 21.7 Å². The minimum Gasteiger partial charge on any atom is -0.506 e. The van der Waals surface area contributed by atoms with Gasteiger partial charge in [-0.15, -0.1) is 0 Å². The van der Waals surface area contributed by atoms with Crippen LogP contribution in [-0.2, 0) is 9.47 Å². The number of halogens is 1. The van der Waals surface area contributed by atoms with Gasteiger partial charge in [-0.3, -0.25) is 0 Å². The van der Waals surface area contributed by atoms with Gasteiger partial charge in [0, 0.05) is 20.3 Å². The van der Waals surface area contributed by atoms with E-state index in [1.54, 1.807) is 6.07 Å². The molecule has 0 aliphatic heterocycles. The first-order valence-electron chi connectivity index (χ1n) is 6.53. The molecule has 118 valence electrons. The van der Waals surface area contributed by atoms with E-state index in [-0.39, 0.29) is 19.3 Å². The first kappa shape index (κ1) is 16.6. The molecule has 0 aliphatic rings. The highest BCUT2D eigenvalue weighted by Crippen LogP contribution is 2.47. The normalized spacial score (nSPS) is 10.5. The molecule has 0 aliphatic carbocycles. The van der Waals surface area contributed by atoms with Crippen LogP contribution < -0.4 is 9.47 Å². The number of phenolic OH excluding ortho intramolecular Hbond substituents is 1. The molecule has 2 rings (SSSR count). The molecule has 0 saturated carbocycles. The predicted molar refractivity (Wildman–Crippen MR) is 86.3 cm³/mol. The lowest BCUT2D eigenvalue weighted by atomic mass is 10.0. The van der Waals surface area contributed by atoms with Gasteiger partial charge in [-0.1, -0.05) is 30.3 Å². The average Bonchev–Trinajstić information content (AvgIpc) is 2.55. The zero-order chi connectivity index (χ0) is 15.9. The van der Waals surface area contributed by atoms with Crippen molar-refractivity contribution in [3.05, 3.63) is 40.9 Å². The number of ether oxygens (including phenoxy) is 4. The van der Waals surface area contributed by atoms with Crippen molar-refractivity contribution in [1.29, 1.82) is 0 Å². The van der Waals surface area contributed by atoms with Crippen molar-refractivity contribution in [3.8, 4) is 28.4 Å². The Morgan fingerprint density at radius 1 is 0.955 bits per heavy atom. The molecular formula is C16H17BrO5. The van der Waals surface area contributed by atoms with Crippen molar-refractivity contribution in [2.75, 3.05) is 27.8 Å². The molecular weight excluding hydrogens is 352 g/mol. The summed E-state index contributed by atoms with van der Waals surface area (Å²) in [4.78, 5) is 0. The van der Waals surface area contributed by atoms with E-state index in [9.17, 15) is 5.11 Å². The van der Waals surface area contributed by atoms with E-state index in [4.69, 9.17) is 18.9 Å². The maximum absolute atomic E-state index is 10.5. The topological polar surface area (TPSA) is 57.2 Å². The van der Waals surface area contributed by atoms with Crippen LogP contribution in [0.25, 0.3) is 11.1 Å². The standard InChI is InChI=1S/C16H17BrO5/c1-19-9-21-12-8-13(22-10-20-2)15(17)16(18)14(12)11-6-4-3-5-7-11/h3-8,18H,9-10H2,1-2H3. The number of aromatic hydroxyl groups is 1. The van der Waals surface area contributed by atoms with E-state index in [1.807, 2.05) is 30.3 Å². The second-order valence-electron chi connectivity index (χ2n) is 4.38. The van der Waals surface area contributed by atoms with Crippen LogP contribution in [0.5, 0.6) is 17.2 Å². The van der Waals surface area contributed by atoms with Crippen LogP contribution >= 0.6 is 15.9 Å². The summed E-state index contributed by atoms with van der Waals surface area (Å²) in [5, 5.41) is 10.5. The highest BCUT2D eigenvalue weighted by molar-refractivity contribution is 9.10. The third-order valence-electron chi connectivity index (χ3n) is 2.90. The van der Waals surface area contributed by atoms with Gasteiger partial charge in [-0.25, -0.2) is 0 Å². The molecule has 0 radical (unpaired) electrons. The molecule has 0 unspecified atom stereocenters. The minimum absolute atomic E-state index is 0.0332. The van der Waals surface area contributed by atoms with Gasteiger partial charge < -0.3 is 24.1 Å². The first-order chi connectivity index (χ1) is 10.7. The van der Waals surface area contributed by atoms with E-state index in [1.165, 1.54) is 14.2 Å². The Morgan fingerprint density at radius 2 is 1.55 bits per heavy atom. The third-order valence-corrected chi connectivity index (χ3v) is 3.66. The van der Waals surface area contributed by atoms with Gasteiger partial charge in [0.25, 0.3) is 0 Å². The van der Waals surface area contributed by atoms with Crippen LogP contribution in [0.3, 0.4) is 0 Å². The monoisotopic (exact) mass is 368 g/mol. The van der Waals surface area contributed by atoms with Crippen molar-refractivity contribution in [2.45, 2.75) is 0 Å². The second-order valence-corrected chi connectivity index (χ2v) is 5.17. The molecule has 1 N–H and O–H groups in total. The summed E-state index contributed by atoms with van der Waals surface area (Å²) in [6, 6.07) is 11.1. The first-order valence-corrected chi connectivity index (χ1v) is 7.32. The number of rotatable bonds is 7. The van der Waals surface area contributed by atoms with E-state index in [2.05, 4.69) is 15.9 Å². The fourth-order valence-electron chi connectivity index (χ4n) is 1.95. The van der Waals surface area contributed by atoms with Crippen molar-refractivity contribution in [3.63, 3.8) is 0 Å². The Bertz CT molecular complexity index is 616. The fourth-order valence-corrected chi connectivity index (χ4v) is 2.37. The minimum atomic E-state index is 0.0332. The quantitative estimate of drug-likeness (QED) is 0.753. The summed E-state index contributed by atoms with van der Waals surface area (Å²) in [7, 11) is 3.05. The highest BCUT2D eigenvalue weighted by Gasteiger charge is 2.19. The largest absolute Gasteiger partial charge is 0.506 e. The molecule has 0 amide bonds. The second kappa shape index (κ2) is 8.03. The molecule has 6 heteroatoms. The van der Waals surface area contributed by atoms with Gasteiger partial charge in [0.15, 0.2) is 13.6 Å². The lowest BCUT2D eigenvalue weighted by molar-refractivity contribution is 0.0457. The molecule has 2 aromatic rings. The number of benzene rings is 2. The Labute approximate surface area is 137 Å². The van der Waals surface area contributed by atoms with Gasteiger partial charge >= 0.3 is 0 Å². The molecule has 0 spiro atoms. The average molecular weight is 369 g/mol. The van der Waals surface area contributed by atoms with Gasteiger partial charge in [0.2, 0.25) is 0 Å². The Kier molecular flexibility index (Phi) is 6.06. The Balaban J connectivity index is 2.52. The number of hydrogen-bond acceptors (Lipinski definition) is 5. The van der Waals surface area contributed by atoms with E-state index < -0.39 is 0 Å². The Hall–Kier alpha value is -1.76. The lowest BCUT2D eigenvalue weighted by Crippen LogP contribution is -2.04. The van der Waals surface area contributed by atoms with Gasteiger partial charge in [-0.2, -0.15) is 0 Å². The molecule has 2 aromatic carbocycles. The molecule has 0 saturated heterocycles. The number of hydrogen-bond donors (Lipinski definition) is 1. The van der Waals surface area contributed by atoms with Crippen LogP contribution in [0.1, 0.15) is 0 Å². The van der Waals surface area contributed by atoms with Crippen LogP contribution in [0.15, 0.2) is 40.9 Å². The van der Waals surface area contributed by atoms with E-state index in [0.29, 0.717) is 21.5 Å². The predicted octanol–water partition coefficient (Wildman–Crippen LogP) is 3.79. The van der Waals surface area contributed by atoms with Gasteiger partial charge in [-0.05, 0) is 21.5 Å². The Morgan fingerprint density at radius 3 is 2.14 bits per heavy atom. The fraction of sp³-hybridized carbons (Fsp3) is 0.250. The van der Waals surface area contributed by atoms with Crippen molar-refractivity contribution in [2.24, 2.45) is 0 Å². The summed E-state index contributed by atoms with van der Waals surface area (Å²) in [5.41, 5.74) is 1.39. The summed E-state index contributed by atoms with van der Waals surface area (Å²) < 4.78 is 21.3.